The van der Waals surface area contributed by atoms with Crippen molar-refractivity contribution in [2.45, 2.75) is 6.42 Å². The SMILES string of the molecule is c1ccc(-c2[nH]c3ccccc3c2CCNCCN2CCOCC2)cc1. The van der Waals surface area contributed by atoms with Crippen LogP contribution >= 0.6 is 0 Å². The Hall–Kier alpha value is -2.14. The highest BCUT2D eigenvalue weighted by Gasteiger charge is 2.13. The molecule has 0 radical (unpaired) electrons. The Bertz CT molecular complexity index is 822. The maximum Gasteiger partial charge on any atom is 0.0594 e. The van der Waals surface area contributed by atoms with Gasteiger partial charge in [-0.1, -0.05) is 48.5 Å². The smallest absolute Gasteiger partial charge is 0.0594 e. The van der Waals surface area contributed by atoms with E-state index < -0.39 is 0 Å². The summed E-state index contributed by atoms with van der Waals surface area (Å²) >= 11 is 0. The van der Waals surface area contributed by atoms with Crippen molar-refractivity contribution in [2.75, 3.05) is 45.9 Å². The summed E-state index contributed by atoms with van der Waals surface area (Å²) in [5.41, 5.74) is 5.13. The van der Waals surface area contributed by atoms with Gasteiger partial charge in [0, 0.05) is 42.8 Å². The molecule has 1 aliphatic heterocycles. The molecule has 26 heavy (non-hydrogen) atoms. The zero-order chi connectivity index (χ0) is 17.6. The molecule has 0 spiro atoms. The molecule has 1 aliphatic rings. The van der Waals surface area contributed by atoms with E-state index in [-0.39, 0.29) is 0 Å². The van der Waals surface area contributed by atoms with E-state index in [0.717, 1.165) is 52.4 Å². The van der Waals surface area contributed by atoms with Gasteiger partial charge in [-0.2, -0.15) is 0 Å². The highest BCUT2D eigenvalue weighted by Crippen LogP contribution is 2.30. The third kappa shape index (κ3) is 3.98. The summed E-state index contributed by atoms with van der Waals surface area (Å²) < 4.78 is 5.41. The number of nitrogens with one attached hydrogen (secondary N) is 2. The fraction of sp³-hybridized carbons (Fsp3) is 0.364. The monoisotopic (exact) mass is 349 g/mol. The Morgan fingerprint density at radius 3 is 2.54 bits per heavy atom. The summed E-state index contributed by atoms with van der Waals surface area (Å²) in [6, 6.07) is 19.2. The second-order valence-electron chi connectivity index (χ2n) is 6.84. The van der Waals surface area contributed by atoms with Crippen molar-refractivity contribution in [3.05, 3.63) is 60.2 Å². The van der Waals surface area contributed by atoms with Crippen molar-refractivity contribution in [1.82, 2.24) is 15.2 Å². The Kier molecular flexibility index (Phi) is 5.65. The zero-order valence-corrected chi connectivity index (χ0v) is 15.2. The van der Waals surface area contributed by atoms with E-state index >= 15 is 0 Å². The summed E-state index contributed by atoms with van der Waals surface area (Å²) in [4.78, 5) is 6.09. The maximum atomic E-state index is 5.41. The van der Waals surface area contributed by atoms with E-state index in [9.17, 15) is 0 Å². The van der Waals surface area contributed by atoms with Gasteiger partial charge in [0.2, 0.25) is 0 Å². The molecule has 0 atom stereocenters. The topological polar surface area (TPSA) is 40.3 Å². The van der Waals surface area contributed by atoms with E-state index in [2.05, 4.69) is 69.8 Å². The lowest BCUT2D eigenvalue weighted by Crippen LogP contribution is -2.40. The predicted octanol–water partition coefficient (Wildman–Crippen LogP) is 3.30. The van der Waals surface area contributed by atoms with Gasteiger partial charge in [0.05, 0.1) is 13.2 Å². The molecule has 2 N–H and O–H groups in total. The average Bonchev–Trinajstić information content (AvgIpc) is 3.08. The van der Waals surface area contributed by atoms with Gasteiger partial charge >= 0.3 is 0 Å². The van der Waals surface area contributed by atoms with Crippen molar-refractivity contribution in [1.29, 1.82) is 0 Å². The van der Waals surface area contributed by atoms with Crippen LogP contribution in [0.2, 0.25) is 0 Å². The van der Waals surface area contributed by atoms with Crippen molar-refractivity contribution in [3.8, 4) is 11.3 Å². The number of rotatable bonds is 7. The molecular weight excluding hydrogens is 322 g/mol. The summed E-state index contributed by atoms with van der Waals surface area (Å²) in [6.45, 7) is 6.98. The molecule has 0 saturated carbocycles. The molecule has 2 heterocycles. The molecule has 4 nitrogen and oxygen atoms in total. The minimum atomic E-state index is 0.871. The highest BCUT2D eigenvalue weighted by atomic mass is 16.5. The van der Waals surface area contributed by atoms with Gasteiger partial charge in [-0.15, -0.1) is 0 Å². The third-order valence-corrected chi connectivity index (χ3v) is 5.14. The van der Waals surface area contributed by atoms with Gasteiger partial charge in [-0.25, -0.2) is 0 Å². The molecule has 1 saturated heterocycles. The number of fused-ring (bicyclic) bond motifs is 1. The molecular formula is C22H27N3O. The first-order chi connectivity index (χ1) is 12.9. The molecule has 2 aromatic carbocycles. The summed E-state index contributed by atoms with van der Waals surface area (Å²) in [6.07, 6.45) is 1.03. The van der Waals surface area contributed by atoms with Crippen LogP contribution in [0.3, 0.4) is 0 Å². The number of aromatic amines is 1. The first-order valence-electron chi connectivity index (χ1n) is 9.57. The largest absolute Gasteiger partial charge is 0.379 e. The van der Waals surface area contributed by atoms with Crippen LogP contribution in [0.1, 0.15) is 5.56 Å². The second-order valence-corrected chi connectivity index (χ2v) is 6.84. The van der Waals surface area contributed by atoms with Crippen molar-refractivity contribution >= 4 is 10.9 Å². The van der Waals surface area contributed by atoms with Gasteiger partial charge in [-0.05, 0) is 30.2 Å². The van der Waals surface area contributed by atoms with Gasteiger partial charge < -0.3 is 15.0 Å². The Labute approximate surface area is 155 Å². The van der Waals surface area contributed by atoms with E-state index in [1.54, 1.807) is 0 Å². The average molecular weight is 349 g/mol. The fourth-order valence-corrected chi connectivity index (χ4v) is 3.71. The van der Waals surface area contributed by atoms with Gasteiger partial charge in [0.15, 0.2) is 0 Å². The van der Waals surface area contributed by atoms with Crippen LogP contribution in [-0.4, -0.2) is 55.8 Å². The lowest BCUT2D eigenvalue weighted by molar-refractivity contribution is 0.0385. The number of nitrogens with zero attached hydrogens (tertiary/aromatic N) is 1. The predicted molar refractivity (Wildman–Crippen MR) is 108 cm³/mol. The van der Waals surface area contributed by atoms with Crippen LogP contribution in [0, 0.1) is 0 Å². The van der Waals surface area contributed by atoms with E-state index in [1.807, 2.05) is 0 Å². The number of morpholine rings is 1. The van der Waals surface area contributed by atoms with Crippen LogP contribution in [-0.2, 0) is 11.2 Å². The fourth-order valence-electron chi connectivity index (χ4n) is 3.71. The summed E-state index contributed by atoms with van der Waals surface area (Å²) in [5, 5.41) is 4.95. The van der Waals surface area contributed by atoms with Gasteiger partial charge in [0.25, 0.3) is 0 Å². The molecule has 3 aromatic rings. The Morgan fingerprint density at radius 1 is 0.923 bits per heavy atom. The maximum absolute atomic E-state index is 5.41. The molecule has 0 amide bonds. The number of hydrogen-bond donors (Lipinski definition) is 2. The second kappa shape index (κ2) is 8.49. The number of aromatic nitrogens is 1. The first kappa shape index (κ1) is 17.3. The number of H-pyrrole nitrogens is 1. The van der Waals surface area contributed by atoms with Crippen LogP contribution in [0.15, 0.2) is 54.6 Å². The highest BCUT2D eigenvalue weighted by molar-refractivity contribution is 5.90. The molecule has 136 valence electrons. The molecule has 0 aliphatic carbocycles. The van der Waals surface area contributed by atoms with Crippen LogP contribution in [0.5, 0.6) is 0 Å². The summed E-state index contributed by atoms with van der Waals surface area (Å²) in [7, 11) is 0. The number of para-hydroxylation sites is 1. The van der Waals surface area contributed by atoms with Gasteiger partial charge in [-0.3, -0.25) is 4.90 Å². The quantitative estimate of drug-likeness (QED) is 0.643. The lowest BCUT2D eigenvalue weighted by atomic mass is 10.0. The lowest BCUT2D eigenvalue weighted by Gasteiger charge is -2.26. The van der Waals surface area contributed by atoms with E-state index in [0.29, 0.717) is 0 Å². The molecule has 4 rings (SSSR count). The minimum absolute atomic E-state index is 0.871. The molecule has 1 aromatic heterocycles. The number of benzene rings is 2. The minimum Gasteiger partial charge on any atom is -0.379 e. The first-order valence-corrected chi connectivity index (χ1v) is 9.57. The molecule has 4 heteroatoms. The van der Waals surface area contributed by atoms with Crippen molar-refractivity contribution < 1.29 is 4.74 Å². The van der Waals surface area contributed by atoms with Crippen molar-refractivity contribution in [2.24, 2.45) is 0 Å². The van der Waals surface area contributed by atoms with E-state index in [4.69, 9.17) is 4.74 Å². The number of hydrogen-bond acceptors (Lipinski definition) is 3. The Balaban J connectivity index is 1.42. The van der Waals surface area contributed by atoms with Crippen LogP contribution < -0.4 is 5.32 Å². The standard InChI is InChI=1S/C22H27N3O/c1-2-6-18(7-3-1)22-20(19-8-4-5-9-21(19)24-22)10-11-23-12-13-25-14-16-26-17-15-25/h1-9,23-24H,10-17H2. The molecule has 0 bridgehead atoms. The number of ether oxygens (including phenoxy) is 1. The third-order valence-electron chi connectivity index (χ3n) is 5.14. The Morgan fingerprint density at radius 2 is 1.69 bits per heavy atom. The van der Waals surface area contributed by atoms with Crippen molar-refractivity contribution in [3.63, 3.8) is 0 Å². The molecule has 0 unspecified atom stereocenters. The summed E-state index contributed by atoms with van der Waals surface area (Å²) in [5.74, 6) is 0. The molecule has 1 fully saturated rings. The zero-order valence-electron chi connectivity index (χ0n) is 15.2. The van der Waals surface area contributed by atoms with E-state index in [1.165, 1.54) is 27.7 Å². The van der Waals surface area contributed by atoms with Crippen LogP contribution in [0.25, 0.3) is 22.2 Å². The van der Waals surface area contributed by atoms with Crippen LogP contribution in [0.4, 0.5) is 0 Å². The van der Waals surface area contributed by atoms with Gasteiger partial charge in [0.1, 0.15) is 0 Å². The normalized spacial score (nSPS) is 15.5.